The molecular weight excluding hydrogens is 318 g/mol. The first-order valence-electron chi connectivity index (χ1n) is 8.25. The lowest BCUT2D eigenvalue weighted by Crippen LogP contribution is -2.39. The SMILES string of the molecule is COc1nccnc1N(C)CC1CCN(c2nccnc2C#N)CC1. The first kappa shape index (κ1) is 16.9. The molecule has 0 radical (unpaired) electrons. The maximum Gasteiger partial charge on any atom is 0.257 e. The average molecular weight is 339 g/mol. The van der Waals surface area contributed by atoms with Crippen molar-refractivity contribution in [3.8, 4) is 11.9 Å². The minimum Gasteiger partial charge on any atom is -0.478 e. The van der Waals surface area contributed by atoms with Gasteiger partial charge in [0.1, 0.15) is 6.07 Å². The second-order valence-electron chi connectivity index (χ2n) is 6.04. The molecular formula is C17H21N7O. The first-order chi connectivity index (χ1) is 12.2. The second kappa shape index (κ2) is 7.75. The number of nitriles is 1. The molecule has 0 atom stereocenters. The first-order valence-corrected chi connectivity index (χ1v) is 8.25. The van der Waals surface area contributed by atoms with E-state index in [9.17, 15) is 5.26 Å². The lowest BCUT2D eigenvalue weighted by atomic mass is 9.96. The van der Waals surface area contributed by atoms with Crippen molar-refractivity contribution in [3.05, 3.63) is 30.5 Å². The summed E-state index contributed by atoms with van der Waals surface area (Å²) in [6, 6.07) is 2.12. The Morgan fingerprint density at radius 2 is 1.84 bits per heavy atom. The van der Waals surface area contributed by atoms with Gasteiger partial charge in [-0.3, -0.25) is 0 Å². The monoisotopic (exact) mass is 339 g/mol. The van der Waals surface area contributed by atoms with E-state index in [1.165, 1.54) is 0 Å². The summed E-state index contributed by atoms with van der Waals surface area (Å²) in [6.45, 7) is 2.61. The van der Waals surface area contributed by atoms with Crippen molar-refractivity contribution in [2.45, 2.75) is 12.8 Å². The molecule has 3 heterocycles. The molecule has 1 aliphatic rings. The van der Waals surface area contributed by atoms with Crippen LogP contribution < -0.4 is 14.5 Å². The fourth-order valence-corrected chi connectivity index (χ4v) is 3.17. The van der Waals surface area contributed by atoms with Gasteiger partial charge in [0.25, 0.3) is 5.88 Å². The maximum atomic E-state index is 9.18. The second-order valence-corrected chi connectivity index (χ2v) is 6.04. The Kier molecular flexibility index (Phi) is 5.23. The number of rotatable bonds is 5. The fraction of sp³-hybridized carbons (Fsp3) is 0.471. The molecule has 3 rings (SSSR count). The van der Waals surface area contributed by atoms with Gasteiger partial charge >= 0.3 is 0 Å². The molecule has 0 unspecified atom stereocenters. The molecule has 0 spiro atoms. The molecule has 1 fully saturated rings. The minimum absolute atomic E-state index is 0.391. The van der Waals surface area contributed by atoms with E-state index in [2.05, 4.69) is 35.8 Å². The fourth-order valence-electron chi connectivity index (χ4n) is 3.17. The summed E-state index contributed by atoms with van der Waals surface area (Å²) in [6.07, 6.45) is 8.54. The van der Waals surface area contributed by atoms with Crippen LogP contribution in [0.25, 0.3) is 0 Å². The van der Waals surface area contributed by atoms with Crippen LogP contribution in [-0.2, 0) is 0 Å². The Labute approximate surface area is 147 Å². The van der Waals surface area contributed by atoms with E-state index in [0.717, 1.165) is 38.3 Å². The molecule has 0 saturated carbocycles. The zero-order valence-electron chi connectivity index (χ0n) is 14.5. The third-order valence-electron chi connectivity index (χ3n) is 4.43. The van der Waals surface area contributed by atoms with E-state index >= 15 is 0 Å². The molecule has 1 aliphatic heterocycles. The van der Waals surface area contributed by atoms with Crippen molar-refractivity contribution < 1.29 is 4.74 Å². The Morgan fingerprint density at radius 3 is 2.56 bits per heavy atom. The largest absolute Gasteiger partial charge is 0.478 e. The molecule has 130 valence electrons. The van der Waals surface area contributed by atoms with Gasteiger partial charge in [0, 0.05) is 51.5 Å². The van der Waals surface area contributed by atoms with Gasteiger partial charge in [0.2, 0.25) is 0 Å². The van der Waals surface area contributed by atoms with Gasteiger partial charge in [-0.2, -0.15) is 5.26 Å². The van der Waals surface area contributed by atoms with Crippen molar-refractivity contribution in [1.29, 1.82) is 5.26 Å². The number of nitrogens with zero attached hydrogens (tertiary/aromatic N) is 7. The summed E-state index contributed by atoms with van der Waals surface area (Å²) in [5, 5.41) is 9.18. The molecule has 0 aromatic carbocycles. The molecule has 0 bridgehead atoms. The van der Waals surface area contributed by atoms with Crippen LogP contribution in [0.3, 0.4) is 0 Å². The van der Waals surface area contributed by atoms with Gasteiger partial charge in [-0.05, 0) is 18.8 Å². The number of anilines is 2. The van der Waals surface area contributed by atoms with Crippen LogP contribution in [0.1, 0.15) is 18.5 Å². The highest BCUT2D eigenvalue weighted by Gasteiger charge is 2.24. The smallest absolute Gasteiger partial charge is 0.257 e. The van der Waals surface area contributed by atoms with Gasteiger partial charge < -0.3 is 14.5 Å². The van der Waals surface area contributed by atoms with Crippen LogP contribution in [0.15, 0.2) is 24.8 Å². The van der Waals surface area contributed by atoms with Crippen LogP contribution in [-0.4, -0.2) is 53.7 Å². The Bertz CT molecular complexity index is 753. The van der Waals surface area contributed by atoms with Crippen LogP contribution >= 0.6 is 0 Å². The third kappa shape index (κ3) is 3.76. The van der Waals surface area contributed by atoms with Crippen LogP contribution in [0.5, 0.6) is 5.88 Å². The van der Waals surface area contributed by atoms with Gasteiger partial charge in [-0.15, -0.1) is 0 Å². The van der Waals surface area contributed by atoms with Gasteiger partial charge in [-0.1, -0.05) is 0 Å². The minimum atomic E-state index is 0.391. The lowest BCUT2D eigenvalue weighted by Gasteiger charge is -2.34. The van der Waals surface area contributed by atoms with Crippen molar-refractivity contribution in [2.75, 3.05) is 43.6 Å². The summed E-state index contributed by atoms with van der Waals surface area (Å²) in [7, 11) is 3.61. The summed E-state index contributed by atoms with van der Waals surface area (Å²) in [4.78, 5) is 21.2. The van der Waals surface area contributed by atoms with Gasteiger partial charge in [0.05, 0.1) is 7.11 Å². The van der Waals surface area contributed by atoms with Crippen molar-refractivity contribution >= 4 is 11.6 Å². The van der Waals surface area contributed by atoms with E-state index in [1.54, 1.807) is 31.9 Å². The van der Waals surface area contributed by atoms with Crippen molar-refractivity contribution in [3.63, 3.8) is 0 Å². The number of piperidine rings is 1. The summed E-state index contributed by atoms with van der Waals surface area (Å²) >= 11 is 0. The summed E-state index contributed by atoms with van der Waals surface area (Å²) in [5.74, 6) is 2.52. The Morgan fingerprint density at radius 1 is 1.16 bits per heavy atom. The highest BCUT2D eigenvalue weighted by Crippen LogP contribution is 2.26. The molecule has 0 amide bonds. The number of hydrogen-bond donors (Lipinski definition) is 0. The highest BCUT2D eigenvalue weighted by molar-refractivity contribution is 5.50. The van der Waals surface area contributed by atoms with Crippen LogP contribution in [0, 0.1) is 17.2 Å². The van der Waals surface area contributed by atoms with Gasteiger partial charge in [-0.25, -0.2) is 19.9 Å². The number of methoxy groups -OCH3 is 1. The Hall–Kier alpha value is -2.95. The molecule has 2 aromatic rings. The molecule has 2 aromatic heterocycles. The molecule has 8 nitrogen and oxygen atoms in total. The standard InChI is InChI=1S/C17H21N7O/c1-23(16-17(25-2)22-8-7-21-16)12-13-3-9-24(10-4-13)15-14(11-18)19-5-6-20-15/h5-8,13H,3-4,9-10,12H2,1-2H3. The van der Waals surface area contributed by atoms with Crippen molar-refractivity contribution in [1.82, 2.24) is 19.9 Å². The number of aromatic nitrogens is 4. The van der Waals surface area contributed by atoms with E-state index in [1.807, 2.05) is 7.05 Å². The molecule has 25 heavy (non-hydrogen) atoms. The maximum absolute atomic E-state index is 9.18. The molecule has 1 saturated heterocycles. The third-order valence-corrected chi connectivity index (χ3v) is 4.43. The van der Waals surface area contributed by atoms with Crippen LogP contribution in [0.2, 0.25) is 0 Å². The predicted molar refractivity (Wildman–Crippen MR) is 93.5 cm³/mol. The molecule has 0 aliphatic carbocycles. The average Bonchev–Trinajstić information content (AvgIpc) is 2.68. The quantitative estimate of drug-likeness (QED) is 0.809. The van der Waals surface area contributed by atoms with E-state index in [-0.39, 0.29) is 0 Å². The molecule has 0 N–H and O–H groups in total. The zero-order chi connectivity index (χ0) is 17.6. The molecule has 8 heteroatoms. The van der Waals surface area contributed by atoms with E-state index in [4.69, 9.17) is 4.74 Å². The topological polar surface area (TPSA) is 91.1 Å². The zero-order valence-corrected chi connectivity index (χ0v) is 14.5. The van der Waals surface area contributed by atoms with Gasteiger partial charge in [0.15, 0.2) is 17.3 Å². The Balaban J connectivity index is 1.60. The normalized spacial score (nSPS) is 14.8. The predicted octanol–water partition coefficient (Wildman–Crippen LogP) is 1.50. The summed E-state index contributed by atoms with van der Waals surface area (Å²) in [5.41, 5.74) is 0.391. The van der Waals surface area contributed by atoms with Crippen LogP contribution in [0.4, 0.5) is 11.6 Å². The number of hydrogen-bond acceptors (Lipinski definition) is 8. The highest BCUT2D eigenvalue weighted by atomic mass is 16.5. The number of ether oxygens (including phenoxy) is 1. The summed E-state index contributed by atoms with van der Waals surface area (Å²) < 4.78 is 5.29. The van der Waals surface area contributed by atoms with E-state index in [0.29, 0.717) is 23.3 Å². The van der Waals surface area contributed by atoms with Crippen molar-refractivity contribution in [2.24, 2.45) is 5.92 Å². The lowest BCUT2D eigenvalue weighted by molar-refractivity contribution is 0.386. The van der Waals surface area contributed by atoms with E-state index < -0.39 is 0 Å².